The predicted octanol–water partition coefficient (Wildman–Crippen LogP) is -0.748. The summed E-state index contributed by atoms with van der Waals surface area (Å²) in [5.41, 5.74) is 0. The summed E-state index contributed by atoms with van der Waals surface area (Å²) in [7, 11) is 1.92. The Morgan fingerprint density at radius 1 is 1.71 bits per heavy atom. The van der Waals surface area contributed by atoms with Crippen molar-refractivity contribution in [2.45, 2.75) is 19.5 Å². The van der Waals surface area contributed by atoms with Gasteiger partial charge in [0.1, 0.15) is 6.33 Å². The molecule has 0 aliphatic carbocycles. The first-order valence-corrected chi connectivity index (χ1v) is 4.63. The van der Waals surface area contributed by atoms with Gasteiger partial charge in [-0.1, -0.05) is 0 Å². The lowest BCUT2D eigenvalue weighted by Gasteiger charge is -2.07. The van der Waals surface area contributed by atoms with Crippen LogP contribution in [-0.4, -0.2) is 33.3 Å². The number of hydrogen-bond acceptors (Lipinski definition) is 5. The van der Waals surface area contributed by atoms with Crippen LogP contribution in [-0.2, 0) is 13.6 Å². The topological polar surface area (TPSA) is 67.1 Å². The van der Waals surface area contributed by atoms with Crippen LogP contribution in [0.5, 0.6) is 0 Å². The van der Waals surface area contributed by atoms with Crippen molar-refractivity contribution in [1.82, 2.24) is 25.4 Å². The average molecular weight is 194 g/mol. The summed E-state index contributed by atoms with van der Waals surface area (Å²) in [6, 6.07) is 0.428. The van der Waals surface area contributed by atoms with E-state index in [4.69, 9.17) is 0 Å². The zero-order chi connectivity index (χ0) is 9.97. The fourth-order valence-electron chi connectivity index (χ4n) is 1.29. The van der Waals surface area contributed by atoms with Gasteiger partial charge in [-0.25, -0.2) is 0 Å². The highest BCUT2D eigenvalue weighted by Crippen LogP contribution is 1.94. The lowest BCUT2D eigenvalue weighted by Crippen LogP contribution is -2.37. The molecule has 1 aromatic rings. The van der Waals surface area contributed by atoms with E-state index in [1.165, 1.54) is 0 Å². The highest BCUT2D eigenvalue weighted by Gasteiger charge is 2.12. The molecule has 6 heteroatoms. The zero-order valence-corrected chi connectivity index (χ0v) is 8.36. The molecule has 2 heterocycles. The third kappa shape index (κ3) is 1.84. The van der Waals surface area contributed by atoms with Gasteiger partial charge in [-0.3, -0.25) is 4.99 Å². The van der Waals surface area contributed by atoms with Crippen molar-refractivity contribution >= 4 is 5.96 Å². The highest BCUT2D eigenvalue weighted by molar-refractivity contribution is 5.81. The second-order valence-electron chi connectivity index (χ2n) is 3.45. The Morgan fingerprint density at radius 2 is 2.57 bits per heavy atom. The van der Waals surface area contributed by atoms with E-state index in [-0.39, 0.29) is 0 Å². The van der Waals surface area contributed by atoms with Gasteiger partial charge in [-0.15, -0.1) is 10.2 Å². The minimum atomic E-state index is 0.428. The smallest absolute Gasteiger partial charge is 0.191 e. The number of hydrogen-bond donors (Lipinski definition) is 2. The third-order valence-corrected chi connectivity index (χ3v) is 2.13. The number of aromatic nitrogens is 3. The van der Waals surface area contributed by atoms with Crippen molar-refractivity contribution in [2.24, 2.45) is 12.0 Å². The SMILES string of the molecule is CC1CN=C(NCc2nncn2C)N1. The van der Waals surface area contributed by atoms with Crippen molar-refractivity contribution in [3.63, 3.8) is 0 Å². The third-order valence-electron chi connectivity index (χ3n) is 2.13. The molecular weight excluding hydrogens is 180 g/mol. The van der Waals surface area contributed by atoms with Crippen LogP contribution in [0.15, 0.2) is 11.3 Å². The monoisotopic (exact) mass is 194 g/mol. The molecule has 1 aliphatic rings. The number of aliphatic imine (C=N–C) groups is 1. The van der Waals surface area contributed by atoms with Crippen LogP contribution < -0.4 is 10.6 Å². The van der Waals surface area contributed by atoms with E-state index in [1.54, 1.807) is 6.33 Å². The van der Waals surface area contributed by atoms with Crippen molar-refractivity contribution in [1.29, 1.82) is 0 Å². The maximum Gasteiger partial charge on any atom is 0.191 e. The van der Waals surface area contributed by atoms with E-state index >= 15 is 0 Å². The van der Waals surface area contributed by atoms with E-state index in [0.717, 1.165) is 18.3 Å². The first kappa shape index (κ1) is 8.98. The largest absolute Gasteiger partial charge is 0.352 e. The number of aryl methyl sites for hydroxylation is 1. The number of nitrogens with one attached hydrogen (secondary N) is 2. The van der Waals surface area contributed by atoms with Crippen LogP contribution in [0.3, 0.4) is 0 Å². The Bertz CT molecular complexity index is 341. The van der Waals surface area contributed by atoms with Gasteiger partial charge in [0.15, 0.2) is 11.8 Å². The molecule has 14 heavy (non-hydrogen) atoms. The van der Waals surface area contributed by atoms with E-state index in [2.05, 4.69) is 32.7 Å². The fraction of sp³-hybridized carbons (Fsp3) is 0.625. The summed E-state index contributed by atoms with van der Waals surface area (Å²) in [5.74, 6) is 1.74. The Kier molecular flexibility index (Phi) is 2.34. The molecule has 0 amide bonds. The van der Waals surface area contributed by atoms with Crippen molar-refractivity contribution < 1.29 is 0 Å². The summed E-state index contributed by atoms with van der Waals surface area (Å²) in [4.78, 5) is 4.28. The molecular formula is C8H14N6. The molecule has 1 aliphatic heterocycles. The van der Waals surface area contributed by atoms with Crippen molar-refractivity contribution in [3.8, 4) is 0 Å². The van der Waals surface area contributed by atoms with E-state index in [9.17, 15) is 0 Å². The molecule has 0 spiro atoms. The molecule has 2 N–H and O–H groups in total. The molecule has 1 unspecified atom stereocenters. The van der Waals surface area contributed by atoms with Crippen LogP contribution in [0, 0.1) is 0 Å². The standard InChI is InChI=1S/C8H14N6/c1-6-3-9-8(12-6)10-4-7-13-11-5-14(7)2/h5-6H,3-4H2,1-2H3,(H2,9,10,12). The first-order valence-electron chi connectivity index (χ1n) is 4.63. The van der Waals surface area contributed by atoms with Crippen LogP contribution in [0.25, 0.3) is 0 Å². The minimum absolute atomic E-state index is 0.428. The zero-order valence-electron chi connectivity index (χ0n) is 8.36. The van der Waals surface area contributed by atoms with Gasteiger partial charge >= 0.3 is 0 Å². The summed E-state index contributed by atoms with van der Waals surface area (Å²) >= 11 is 0. The van der Waals surface area contributed by atoms with Crippen molar-refractivity contribution in [2.75, 3.05) is 6.54 Å². The predicted molar refractivity (Wildman–Crippen MR) is 52.7 cm³/mol. The number of nitrogens with zero attached hydrogens (tertiary/aromatic N) is 4. The molecule has 0 aromatic carbocycles. The average Bonchev–Trinajstić information content (AvgIpc) is 2.72. The molecule has 76 valence electrons. The molecule has 0 fully saturated rings. The van der Waals surface area contributed by atoms with Gasteiger partial charge in [0.2, 0.25) is 0 Å². The van der Waals surface area contributed by atoms with E-state index in [1.807, 2.05) is 11.6 Å². The van der Waals surface area contributed by atoms with Gasteiger partial charge in [-0.05, 0) is 6.92 Å². The van der Waals surface area contributed by atoms with Crippen LogP contribution in [0.1, 0.15) is 12.7 Å². The van der Waals surface area contributed by atoms with E-state index in [0.29, 0.717) is 12.6 Å². The van der Waals surface area contributed by atoms with Gasteiger partial charge in [-0.2, -0.15) is 0 Å². The first-order chi connectivity index (χ1) is 6.75. The maximum atomic E-state index is 4.28. The Hall–Kier alpha value is -1.59. The van der Waals surface area contributed by atoms with Crippen LogP contribution >= 0.6 is 0 Å². The molecule has 6 nitrogen and oxygen atoms in total. The Labute approximate surface area is 82.4 Å². The molecule has 0 saturated carbocycles. The summed E-state index contributed by atoms with van der Waals surface area (Å²) in [6.07, 6.45) is 1.68. The molecule has 0 bridgehead atoms. The van der Waals surface area contributed by atoms with Gasteiger partial charge in [0.05, 0.1) is 13.1 Å². The number of rotatable bonds is 2. The van der Waals surface area contributed by atoms with Crippen LogP contribution in [0.4, 0.5) is 0 Å². The number of guanidine groups is 1. The van der Waals surface area contributed by atoms with Gasteiger partial charge in [0, 0.05) is 13.1 Å². The highest BCUT2D eigenvalue weighted by atomic mass is 15.3. The lowest BCUT2D eigenvalue weighted by atomic mass is 10.4. The minimum Gasteiger partial charge on any atom is -0.352 e. The molecule has 0 saturated heterocycles. The quantitative estimate of drug-likeness (QED) is 0.650. The Balaban J connectivity index is 1.86. The molecule has 0 radical (unpaired) electrons. The second-order valence-corrected chi connectivity index (χ2v) is 3.45. The van der Waals surface area contributed by atoms with Crippen molar-refractivity contribution in [3.05, 3.63) is 12.2 Å². The Morgan fingerprint density at radius 3 is 3.14 bits per heavy atom. The van der Waals surface area contributed by atoms with Gasteiger partial charge < -0.3 is 15.2 Å². The molecule has 1 aromatic heterocycles. The normalized spacial score (nSPS) is 20.4. The summed E-state index contributed by atoms with van der Waals surface area (Å²) in [5, 5.41) is 14.1. The maximum absolute atomic E-state index is 4.28. The lowest BCUT2D eigenvalue weighted by molar-refractivity contribution is 0.699. The molecule has 2 rings (SSSR count). The second kappa shape index (κ2) is 3.65. The molecule has 1 atom stereocenters. The fourth-order valence-corrected chi connectivity index (χ4v) is 1.29. The van der Waals surface area contributed by atoms with E-state index < -0.39 is 0 Å². The summed E-state index contributed by atoms with van der Waals surface area (Å²) < 4.78 is 1.88. The van der Waals surface area contributed by atoms with Crippen LogP contribution in [0.2, 0.25) is 0 Å². The van der Waals surface area contributed by atoms with Gasteiger partial charge in [0.25, 0.3) is 0 Å². The summed E-state index contributed by atoms with van der Waals surface area (Å²) in [6.45, 7) is 3.58.